The van der Waals surface area contributed by atoms with Crippen LogP contribution in [0.1, 0.15) is 41.0 Å². The van der Waals surface area contributed by atoms with Crippen LogP contribution in [0.4, 0.5) is 0 Å². The minimum Gasteiger partial charge on any atom is -0.386 e. The Morgan fingerprint density at radius 3 is 2.25 bits per heavy atom. The van der Waals surface area contributed by atoms with E-state index in [2.05, 4.69) is 44.5 Å². The van der Waals surface area contributed by atoms with Crippen molar-refractivity contribution in [2.75, 3.05) is 19.6 Å². The van der Waals surface area contributed by atoms with Gasteiger partial charge in [-0.1, -0.05) is 20.8 Å². The van der Waals surface area contributed by atoms with Crippen molar-refractivity contribution >= 4 is 18.2 Å². The van der Waals surface area contributed by atoms with Gasteiger partial charge < -0.3 is 5.73 Å². The fourth-order valence-corrected chi connectivity index (χ4v) is 2.57. The lowest BCUT2D eigenvalue weighted by Crippen LogP contribution is -2.52. The largest absolute Gasteiger partial charge is 0.386 e. The number of hydrogen-bond acceptors (Lipinski definition) is 3. The minimum atomic E-state index is 0. The maximum absolute atomic E-state index is 5.79. The van der Waals surface area contributed by atoms with Crippen molar-refractivity contribution in [3.05, 3.63) is 0 Å². The molecule has 0 fully saturated rings. The maximum atomic E-state index is 5.79. The van der Waals surface area contributed by atoms with E-state index in [0.717, 1.165) is 25.5 Å². The van der Waals surface area contributed by atoms with Crippen molar-refractivity contribution < 1.29 is 0 Å². The maximum Gasteiger partial charge on any atom is 0.108 e. The van der Waals surface area contributed by atoms with Crippen LogP contribution in [0.3, 0.4) is 0 Å². The molecule has 0 aromatic carbocycles. The molecule has 0 saturated heterocycles. The molecular weight excluding hydrogens is 222 g/mol. The van der Waals surface area contributed by atoms with Gasteiger partial charge in [-0.15, -0.1) is 12.4 Å². The third-order valence-corrected chi connectivity index (χ3v) is 2.86. The van der Waals surface area contributed by atoms with Gasteiger partial charge in [0.1, 0.15) is 5.84 Å². The first-order chi connectivity index (χ1) is 6.71. The number of rotatable bonds is 2. The molecule has 0 amide bonds. The summed E-state index contributed by atoms with van der Waals surface area (Å²) >= 11 is 0. The normalized spacial score (nSPS) is 18.9. The van der Waals surface area contributed by atoms with Crippen molar-refractivity contribution in [1.82, 2.24) is 4.90 Å². The molecule has 0 aromatic heterocycles. The Kier molecular flexibility index (Phi) is 5.27. The van der Waals surface area contributed by atoms with Gasteiger partial charge in [-0.05, 0) is 25.7 Å². The third-order valence-electron chi connectivity index (χ3n) is 2.86. The molecule has 0 radical (unpaired) electrons. The molecule has 2 N–H and O–H groups in total. The number of nitrogens with two attached hydrogens (primary N) is 1. The fraction of sp³-hybridized carbons (Fsp3) is 0.917. The zero-order chi connectivity index (χ0) is 11.7. The molecule has 1 heterocycles. The summed E-state index contributed by atoms with van der Waals surface area (Å²) < 4.78 is 0. The smallest absolute Gasteiger partial charge is 0.108 e. The SMILES string of the molecule is CC(C)(C)CC(C)(C)N1CCN=C(N)C1.Cl. The average Bonchev–Trinajstić information content (AvgIpc) is 1.99. The van der Waals surface area contributed by atoms with Crippen LogP contribution in [0, 0.1) is 5.41 Å². The van der Waals surface area contributed by atoms with Gasteiger partial charge in [0.2, 0.25) is 0 Å². The summed E-state index contributed by atoms with van der Waals surface area (Å²) in [5, 5.41) is 0. The van der Waals surface area contributed by atoms with Crippen LogP contribution < -0.4 is 5.73 Å². The van der Waals surface area contributed by atoms with Gasteiger partial charge in [0.25, 0.3) is 0 Å². The molecule has 96 valence electrons. The molecule has 0 atom stereocenters. The Balaban J connectivity index is 0.00000225. The predicted molar refractivity (Wildman–Crippen MR) is 73.5 cm³/mol. The Bertz CT molecular complexity index is 253. The van der Waals surface area contributed by atoms with Crippen molar-refractivity contribution in [2.24, 2.45) is 16.1 Å². The van der Waals surface area contributed by atoms with Crippen LogP contribution in [-0.2, 0) is 0 Å². The second kappa shape index (κ2) is 5.37. The topological polar surface area (TPSA) is 41.6 Å². The zero-order valence-electron chi connectivity index (χ0n) is 11.2. The molecule has 0 aliphatic carbocycles. The monoisotopic (exact) mass is 247 g/mol. The molecule has 0 saturated carbocycles. The summed E-state index contributed by atoms with van der Waals surface area (Å²) in [5.74, 6) is 0.781. The summed E-state index contributed by atoms with van der Waals surface area (Å²) in [6.45, 7) is 14.2. The summed E-state index contributed by atoms with van der Waals surface area (Å²) in [6.07, 6.45) is 1.17. The van der Waals surface area contributed by atoms with E-state index in [1.165, 1.54) is 6.42 Å². The van der Waals surface area contributed by atoms with E-state index in [1.54, 1.807) is 0 Å². The summed E-state index contributed by atoms with van der Waals surface area (Å²) in [5.41, 5.74) is 6.36. The first-order valence-electron chi connectivity index (χ1n) is 5.75. The van der Waals surface area contributed by atoms with Crippen LogP contribution in [0.5, 0.6) is 0 Å². The number of amidine groups is 1. The van der Waals surface area contributed by atoms with E-state index in [-0.39, 0.29) is 17.9 Å². The molecule has 1 rings (SSSR count). The van der Waals surface area contributed by atoms with Gasteiger partial charge in [0.15, 0.2) is 0 Å². The predicted octanol–water partition coefficient (Wildman–Crippen LogP) is 2.30. The molecule has 0 aromatic rings. The first kappa shape index (κ1) is 15.7. The van der Waals surface area contributed by atoms with Gasteiger partial charge in [0.05, 0.1) is 13.1 Å². The molecule has 4 heteroatoms. The van der Waals surface area contributed by atoms with Gasteiger partial charge in [0, 0.05) is 12.1 Å². The molecule has 0 bridgehead atoms. The lowest BCUT2D eigenvalue weighted by molar-refractivity contribution is 0.0917. The summed E-state index contributed by atoms with van der Waals surface area (Å²) in [6, 6.07) is 0. The molecule has 16 heavy (non-hydrogen) atoms. The van der Waals surface area contributed by atoms with Gasteiger partial charge >= 0.3 is 0 Å². The molecule has 0 spiro atoms. The number of hydrogen-bond donors (Lipinski definition) is 1. The van der Waals surface area contributed by atoms with E-state index < -0.39 is 0 Å². The second-order valence-electron chi connectivity index (χ2n) is 6.34. The fourth-order valence-electron chi connectivity index (χ4n) is 2.57. The summed E-state index contributed by atoms with van der Waals surface area (Å²) in [7, 11) is 0. The average molecular weight is 248 g/mol. The molecule has 3 nitrogen and oxygen atoms in total. The number of aliphatic imine (C=N–C) groups is 1. The Morgan fingerprint density at radius 1 is 1.25 bits per heavy atom. The van der Waals surface area contributed by atoms with Crippen LogP contribution in [0.2, 0.25) is 0 Å². The zero-order valence-corrected chi connectivity index (χ0v) is 12.0. The molecule has 0 unspecified atom stereocenters. The standard InChI is InChI=1S/C12H25N3.ClH/c1-11(2,3)9-12(4,5)15-7-6-14-10(13)8-15;/h6-9H2,1-5H3,(H2,13,14);1H. The van der Waals surface area contributed by atoms with Crippen molar-refractivity contribution in [3.63, 3.8) is 0 Å². The molecule has 1 aliphatic heterocycles. The third kappa shape index (κ3) is 4.71. The van der Waals surface area contributed by atoms with E-state index >= 15 is 0 Å². The second-order valence-corrected chi connectivity index (χ2v) is 6.34. The molecular formula is C12H26ClN3. The van der Waals surface area contributed by atoms with Crippen molar-refractivity contribution in [1.29, 1.82) is 0 Å². The highest BCUT2D eigenvalue weighted by atomic mass is 35.5. The Labute approximate surface area is 106 Å². The highest BCUT2D eigenvalue weighted by Gasteiger charge is 2.32. The minimum absolute atomic E-state index is 0. The van der Waals surface area contributed by atoms with E-state index in [1.807, 2.05) is 0 Å². The van der Waals surface area contributed by atoms with Crippen LogP contribution in [-0.4, -0.2) is 35.9 Å². The Morgan fingerprint density at radius 2 is 1.81 bits per heavy atom. The van der Waals surface area contributed by atoms with Crippen LogP contribution in [0.25, 0.3) is 0 Å². The highest BCUT2D eigenvalue weighted by Crippen LogP contribution is 2.31. The van der Waals surface area contributed by atoms with Gasteiger partial charge in [-0.2, -0.15) is 0 Å². The number of halogens is 1. The molecule has 1 aliphatic rings. The highest BCUT2D eigenvalue weighted by molar-refractivity contribution is 5.85. The van der Waals surface area contributed by atoms with E-state index in [0.29, 0.717) is 5.41 Å². The van der Waals surface area contributed by atoms with Crippen molar-refractivity contribution in [2.45, 2.75) is 46.6 Å². The lowest BCUT2D eigenvalue weighted by atomic mass is 9.80. The van der Waals surface area contributed by atoms with Gasteiger partial charge in [-0.25, -0.2) is 0 Å². The number of nitrogens with zero attached hydrogens (tertiary/aromatic N) is 2. The van der Waals surface area contributed by atoms with Crippen LogP contribution in [0.15, 0.2) is 4.99 Å². The summed E-state index contributed by atoms with van der Waals surface area (Å²) in [4.78, 5) is 6.69. The van der Waals surface area contributed by atoms with Crippen molar-refractivity contribution in [3.8, 4) is 0 Å². The quantitative estimate of drug-likeness (QED) is 0.814. The van der Waals surface area contributed by atoms with E-state index in [4.69, 9.17) is 5.73 Å². The van der Waals surface area contributed by atoms with Gasteiger partial charge in [-0.3, -0.25) is 9.89 Å². The van der Waals surface area contributed by atoms with Crippen LogP contribution >= 0.6 is 12.4 Å². The first-order valence-corrected chi connectivity index (χ1v) is 5.75. The van der Waals surface area contributed by atoms with E-state index in [9.17, 15) is 0 Å². The Hall–Kier alpha value is -0.280. The lowest BCUT2D eigenvalue weighted by Gasteiger charge is -2.43.